The topological polar surface area (TPSA) is 70.5 Å². The summed E-state index contributed by atoms with van der Waals surface area (Å²) in [5.74, 6) is 4.78. The maximum Gasteiger partial charge on any atom is 0.0705 e. The van der Waals surface area contributed by atoms with Crippen molar-refractivity contribution in [1.82, 2.24) is 0 Å². The molecule has 0 saturated carbocycles. The molecular formula is C10H16N2O2S. The fourth-order valence-corrected chi connectivity index (χ4v) is 1.80. The molecule has 0 bridgehead atoms. The van der Waals surface area contributed by atoms with Crippen molar-refractivity contribution in [3.8, 4) is 0 Å². The van der Waals surface area contributed by atoms with E-state index in [0.29, 0.717) is 0 Å². The summed E-state index contributed by atoms with van der Waals surface area (Å²) in [6.45, 7) is 3.98. The monoisotopic (exact) mass is 228 g/mol. The number of aryl methyl sites for hydroxylation is 1. The second-order valence-corrected chi connectivity index (χ2v) is 4.27. The SMILES string of the molecule is Cc1ccc(C[C@@H](C)N)cc1SOON. The molecule has 1 rings (SSSR count). The van der Waals surface area contributed by atoms with Gasteiger partial charge in [-0.1, -0.05) is 12.1 Å². The zero-order valence-corrected chi connectivity index (χ0v) is 9.71. The minimum atomic E-state index is 0.150. The molecule has 0 heterocycles. The molecule has 0 unspecified atom stereocenters. The van der Waals surface area contributed by atoms with Crippen LogP contribution >= 0.6 is 12.0 Å². The van der Waals surface area contributed by atoms with Crippen LogP contribution in [-0.2, 0) is 15.7 Å². The first kappa shape index (κ1) is 12.5. The maximum absolute atomic E-state index is 5.73. The van der Waals surface area contributed by atoms with Crippen LogP contribution in [0.3, 0.4) is 0 Å². The summed E-state index contributed by atoms with van der Waals surface area (Å²) in [7, 11) is 0. The Balaban J connectivity index is 2.75. The first-order valence-electron chi connectivity index (χ1n) is 4.68. The van der Waals surface area contributed by atoms with Gasteiger partial charge in [-0.3, -0.25) is 0 Å². The van der Waals surface area contributed by atoms with Gasteiger partial charge in [0.25, 0.3) is 0 Å². The van der Waals surface area contributed by atoms with E-state index in [-0.39, 0.29) is 6.04 Å². The number of benzene rings is 1. The smallest absolute Gasteiger partial charge is 0.0705 e. The van der Waals surface area contributed by atoms with E-state index in [2.05, 4.69) is 15.4 Å². The molecule has 1 aromatic rings. The molecule has 84 valence electrons. The summed E-state index contributed by atoms with van der Waals surface area (Å²) >= 11 is 1.10. The predicted molar refractivity (Wildman–Crippen MR) is 60.7 cm³/mol. The fourth-order valence-electron chi connectivity index (χ4n) is 1.29. The molecular weight excluding hydrogens is 212 g/mol. The zero-order chi connectivity index (χ0) is 11.3. The van der Waals surface area contributed by atoms with Gasteiger partial charge in [-0.05, 0) is 37.5 Å². The average molecular weight is 228 g/mol. The van der Waals surface area contributed by atoms with Crippen molar-refractivity contribution in [3.05, 3.63) is 29.3 Å². The summed E-state index contributed by atoms with van der Waals surface area (Å²) in [5.41, 5.74) is 8.03. The Hall–Kier alpha value is -0.590. The number of nitrogens with two attached hydrogens (primary N) is 2. The lowest BCUT2D eigenvalue weighted by atomic mass is 10.1. The van der Waals surface area contributed by atoms with E-state index >= 15 is 0 Å². The number of hydrogen-bond donors (Lipinski definition) is 2. The van der Waals surface area contributed by atoms with Crippen molar-refractivity contribution in [2.24, 2.45) is 11.6 Å². The lowest BCUT2D eigenvalue weighted by Crippen LogP contribution is -2.17. The molecule has 1 atom stereocenters. The third kappa shape index (κ3) is 4.19. The summed E-state index contributed by atoms with van der Waals surface area (Å²) < 4.78 is 4.62. The second-order valence-electron chi connectivity index (χ2n) is 3.53. The molecule has 4 nitrogen and oxygen atoms in total. The first-order chi connectivity index (χ1) is 7.13. The van der Waals surface area contributed by atoms with Crippen LogP contribution in [0.15, 0.2) is 23.1 Å². The van der Waals surface area contributed by atoms with Gasteiger partial charge in [0.05, 0.1) is 12.0 Å². The highest BCUT2D eigenvalue weighted by Crippen LogP contribution is 2.24. The van der Waals surface area contributed by atoms with E-state index in [9.17, 15) is 0 Å². The van der Waals surface area contributed by atoms with Gasteiger partial charge in [0.2, 0.25) is 0 Å². The minimum absolute atomic E-state index is 0.150. The molecule has 0 aliphatic heterocycles. The molecule has 5 heteroatoms. The summed E-state index contributed by atoms with van der Waals surface area (Å²) in [4.78, 5) is 5.04. The lowest BCUT2D eigenvalue weighted by molar-refractivity contribution is -0.195. The highest BCUT2D eigenvalue weighted by atomic mass is 32.2. The number of rotatable bonds is 5. The van der Waals surface area contributed by atoms with Crippen LogP contribution < -0.4 is 11.6 Å². The zero-order valence-electron chi connectivity index (χ0n) is 8.90. The lowest BCUT2D eigenvalue weighted by Gasteiger charge is -2.08. The molecule has 0 aliphatic carbocycles. The van der Waals surface area contributed by atoms with Crippen molar-refractivity contribution >= 4 is 12.0 Å². The van der Waals surface area contributed by atoms with Gasteiger partial charge in [-0.2, -0.15) is 5.90 Å². The van der Waals surface area contributed by atoms with Crippen molar-refractivity contribution in [3.63, 3.8) is 0 Å². The fraction of sp³-hybridized carbons (Fsp3) is 0.400. The molecule has 1 aromatic carbocycles. The molecule has 4 N–H and O–H groups in total. The minimum Gasteiger partial charge on any atom is -0.328 e. The highest BCUT2D eigenvalue weighted by Gasteiger charge is 2.04. The van der Waals surface area contributed by atoms with Gasteiger partial charge in [0.15, 0.2) is 0 Å². The Kier molecular flexibility index (Phi) is 5.07. The largest absolute Gasteiger partial charge is 0.328 e. The van der Waals surface area contributed by atoms with Crippen molar-refractivity contribution in [2.45, 2.75) is 31.2 Å². The molecule has 0 fully saturated rings. The second kappa shape index (κ2) is 6.09. The molecule has 0 aromatic heterocycles. The van der Waals surface area contributed by atoms with Crippen LogP contribution in [-0.4, -0.2) is 6.04 Å². The van der Waals surface area contributed by atoms with E-state index in [1.54, 1.807) is 0 Å². The summed E-state index contributed by atoms with van der Waals surface area (Å²) in [6.07, 6.45) is 0.845. The van der Waals surface area contributed by atoms with Crippen molar-refractivity contribution in [1.29, 1.82) is 0 Å². The van der Waals surface area contributed by atoms with Crippen molar-refractivity contribution < 1.29 is 9.32 Å². The molecule has 0 spiro atoms. The highest BCUT2D eigenvalue weighted by molar-refractivity contribution is 7.94. The Labute approximate surface area is 94.0 Å². The first-order valence-corrected chi connectivity index (χ1v) is 5.43. The van der Waals surface area contributed by atoms with Crippen LogP contribution in [0.2, 0.25) is 0 Å². The van der Waals surface area contributed by atoms with Crippen molar-refractivity contribution in [2.75, 3.05) is 0 Å². The average Bonchev–Trinajstić information content (AvgIpc) is 2.18. The predicted octanol–water partition coefficient (Wildman–Crippen LogP) is 1.71. The van der Waals surface area contributed by atoms with E-state index < -0.39 is 0 Å². The third-order valence-electron chi connectivity index (χ3n) is 1.97. The van der Waals surface area contributed by atoms with Crippen LogP contribution in [0.25, 0.3) is 0 Å². The van der Waals surface area contributed by atoms with Gasteiger partial charge in [-0.15, -0.1) is 9.32 Å². The summed E-state index contributed by atoms with van der Waals surface area (Å²) in [6, 6.07) is 6.27. The molecule has 15 heavy (non-hydrogen) atoms. The molecule has 0 aliphatic rings. The van der Waals surface area contributed by atoms with E-state index in [0.717, 1.165) is 28.9 Å². The number of hydrogen-bond acceptors (Lipinski definition) is 5. The normalized spacial score (nSPS) is 12.8. The van der Waals surface area contributed by atoms with E-state index in [4.69, 9.17) is 11.6 Å². The maximum atomic E-state index is 5.73. The van der Waals surface area contributed by atoms with Gasteiger partial charge < -0.3 is 5.73 Å². The Morgan fingerprint density at radius 1 is 1.47 bits per heavy atom. The van der Waals surface area contributed by atoms with Crippen LogP contribution in [0.1, 0.15) is 18.1 Å². The van der Waals surface area contributed by atoms with Crippen LogP contribution in [0.5, 0.6) is 0 Å². The molecule has 0 radical (unpaired) electrons. The molecule has 0 saturated heterocycles. The van der Waals surface area contributed by atoms with Crippen LogP contribution in [0, 0.1) is 6.92 Å². The Morgan fingerprint density at radius 3 is 2.80 bits per heavy atom. The van der Waals surface area contributed by atoms with Gasteiger partial charge in [0, 0.05) is 10.9 Å². The molecule has 0 amide bonds. The van der Waals surface area contributed by atoms with E-state index in [1.807, 2.05) is 26.0 Å². The quantitative estimate of drug-likeness (QED) is 0.456. The Bertz CT molecular complexity index is 318. The van der Waals surface area contributed by atoms with Gasteiger partial charge >= 0.3 is 0 Å². The van der Waals surface area contributed by atoms with Gasteiger partial charge in [-0.25, -0.2) is 0 Å². The van der Waals surface area contributed by atoms with E-state index in [1.165, 1.54) is 5.56 Å². The third-order valence-corrected chi connectivity index (χ3v) is 2.74. The van der Waals surface area contributed by atoms with Crippen LogP contribution in [0.4, 0.5) is 0 Å². The summed E-state index contributed by atoms with van der Waals surface area (Å²) in [5, 5.41) is 0. The standard InChI is InChI=1S/C10H16N2O2S/c1-7-3-4-9(5-8(2)11)6-10(7)15-14-13-12/h3-4,6,8H,5,11-12H2,1-2H3/t8-/m1/s1. The van der Waals surface area contributed by atoms with Gasteiger partial charge in [0.1, 0.15) is 0 Å². The Morgan fingerprint density at radius 2 is 2.20 bits per heavy atom.